The maximum Gasteiger partial charge on any atom is 0.442 e. The van der Waals surface area contributed by atoms with Gasteiger partial charge in [0, 0.05) is 45.1 Å². The largest absolute Gasteiger partial charge is 0.447 e. The summed E-state index contributed by atoms with van der Waals surface area (Å²) in [5.41, 5.74) is 2.19. The lowest BCUT2D eigenvalue weighted by molar-refractivity contribution is 0.371. The van der Waals surface area contributed by atoms with Crippen molar-refractivity contribution < 1.29 is 22.2 Å². The van der Waals surface area contributed by atoms with E-state index in [0.29, 0.717) is 11.7 Å². The zero-order valence-corrected chi connectivity index (χ0v) is 23.6. The Hall–Kier alpha value is -4.40. The lowest BCUT2D eigenvalue weighted by Gasteiger charge is -2.06. The maximum atomic E-state index is 13.8. The highest BCUT2D eigenvalue weighted by molar-refractivity contribution is 7.09. The van der Waals surface area contributed by atoms with Crippen molar-refractivity contribution >= 4 is 34.5 Å². The molecule has 4 aromatic heterocycles. The normalized spacial score (nSPS) is 11.0. The zero-order chi connectivity index (χ0) is 29.6. The van der Waals surface area contributed by atoms with Gasteiger partial charge in [-0.3, -0.25) is 23.2 Å². The van der Waals surface area contributed by atoms with Crippen LogP contribution < -0.4 is 11.5 Å². The van der Waals surface area contributed by atoms with Gasteiger partial charge in [-0.1, -0.05) is 45.6 Å². The molecule has 0 fully saturated rings. The van der Waals surface area contributed by atoms with Gasteiger partial charge >= 0.3 is 11.5 Å². The molecule has 11 nitrogen and oxygen atoms in total. The fourth-order valence-electron chi connectivity index (χ4n) is 3.82. The van der Waals surface area contributed by atoms with Crippen LogP contribution in [0.5, 0.6) is 0 Å². The molecular formula is C26H18Cl2F2N6O5S. The molecule has 0 aliphatic rings. The lowest BCUT2D eigenvalue weighted by atomic mass is 10.1. The molecule has 16 heteroatoms. The van der Waals surface area contributed by atoms with Gasteiger partial charge in [0.2, 0.25) is 5.89 Å². The minimum atomic E-state index is -0.671. The van der Waals surface area contributed by atoms with Crippen LogP contribution in [-0.4, -0.2) is 29.4 Å². The van der Waals surface area contributed by atoms with Gasteiger partial charge in [0.1, 0.15) is 24.4 Å². The molecule has 6 aromatic rings. The number of thiazole rings is 1. The molecule has 0 saturated carbocycles. The molecule has 0 amide bonds. The Balaban J connectivity index is 0.000000168. The van der Waals surface area contributed by atoms with Gasteiger partial charge in [-0.2, -0.15) is 0 Å². The van der Waals surface area contributed by atoms with Gasteiger partial charge in [0.05, 0.1) is 18.3 Å². The minimum Gasteiger partial charge on any atom is -0.447 e. The third-order valence-electron chi connectivity index (χ3n) is 5.89. The van der Waals surface area contributed by atoms with Crippen LogP contribution in [0, 0.1) is 11.6 Å². The van der Waals surface area contributed by atoms with Crippen molar-refractivity contribution in [2.75, 3.05) is 0 Å². The number of aromatic nitrogens is 6. The molecule has 6 rings (SSSR count). The van der Waals surface area contributed by atoms with Crippen LogP contribution in [0.25, 0.3) is 0 Å². The molecular weight excluding hydrogens is 617 g/mol. The van der Waals surface area contributed by atoms with E-state index < -0.39 is 23.1 Å². The standard InChI is InChI=1S/C13H9ClFN3O3.C13H9ClFN3O2S/c14-9-2-1-3-10(15)8(9)6-11-17-21-13(19)18(11)7-12-16-4-5-20-12;14-10-2-1-3-11(15)9(10)4-12-17-20-13(19)18(12)6-8-5-16-7-21-8/h1-5H,6-7H2;1-3,5,7H,4,6H2. The number of hydrogen-bond acceptors (Lipinski definition) is 10. The molecule has 216 valence electrons. The quantitative estimate of drug-likeness (QED) is 0.227. The van der Waals surface area contributed by atoms with Crippen LogP contribution >= 0.6 is 34.5 Å². The van der Waals surface area contributed by atoms with Crippen molar-refractivity contribution in [1.82, 2.24) is 29.4 Å². The highest BCUT2D eigenvalue weighted by atomic mass is 35.5. The van der Waals surface area contributed by atoms with Gasteiger partial charge in [-0.15, -0.1) is 11.3 Å². The van der Waals surface area contributed by atoms with Crippen molar-refractivity contribution in [3.63, 3.8) is 0 Å². The molecule has 0 unspecified atom stereocenters. The highest BCUT2D eigenvalue weighted by Crippen LogP contribution is 2.23. The van der Waals surface area contributed by atoms with E-state index in [1.54, 1.807) is 23.8 Å². The minimum absolute atomic E-state index is 0.0257. The van der Waals surface area contributed by atoms with Crippen molar-refractivity contribution in [2.45, 2.75) is 25.9 Å². The molecule has 0 aliphatic heterocycles. The van der Waals surface area contributed by atoms with Crippen LogP contribution in [0.1, 0.15) is 33.5 Å². The fourth-order valence-corrected chi connectivity index (χ4v) is 4.86. The number of oxazole rings is 1. The van der Waals surface area contributed by atoms with E-state index in [-0.39, 0.29) is 52.9 Å². The summed E-state index contributed by atoms with van der Waals surface area (Å²) in [6.45, 7) is 0.338. The van der Waals surface area contributed by atoms with Crippen molar-refractivity contribution in [1.29, 1.82) is 0 Å². The Morgan fingerprint density at radius 1 is 0.833 bits per heavy atom. The maximum absolute atomic E-state index is 13.8. The molecule has 0 atom stereocenters. The van der Waals surface area contributed by atoms with Crippen molar-refractivity contribution in [3.05, 3.63) is 137 Å². The summed E-state index contributed by atoms with van der Waals surface area (Å²) in [6.07, 6.45) is 4.61. The van der Waals surface area contributed by atoms with Crippen LogP contribution in [-0.2, 0) is 25.9 Å². The predicted molar refractivity (Wildman–Crippen MR) is 147 cm³/mol. The summed E-state index contributed by atoms with van der Waals surface area (Å²) in [5, 5.41) is 7.91. The van der Waals surface area contributed by atoms with Crippen LogP contribution in [0.4, 0.5) is 8.78 Å². The summed E-state index contributed by atoms with van der Waals surface area (Å²) in [4.78, 5) is 32.1. The SMILES string of the molecule is O=c1onc(Cc2c(F)cccc2Cl)n1Cc1cncs1.O=c1onc(Cc2c(F)cccc2Cl)n1Cc1ncco1. The first kappa shape index (κ1) is 29.1. The Kier molecular flexibility index (Phi) is 9.05. The first-order chi connectivity index (χ1) is 20.3. The second kappa shape index (κ2) is 13.1. The first-order valence-electron chi connectivity index (χ1n) is 12.0. The summed E-state index contributed by atoms with van der Waals surface area (Å²) in [6, 6.07) is 8.78. The average molecular weight is 635 g/mol. The second-order valence-electron chi connectivity index (χ2n) is 8.55. The van der Waals surface area contributed by atoms with E-state index in [1.807, 2.05) is 0 Å². The van der Waals surface area contributed by atoms with Gasteiger partial charge in [-0.25, -0.2) is 23.4 Å². The van der Waals surface area contributed by atoms with E-state index in [4.69, 9.17) is 27.6 Å². The molecule has 0 aliphatic carbocycles. The van der Waals surface area contributed by atoms with Crippen molar-refractivity contribution in [3.8, 4) is 0 Å². The van der Waals surface area contributed by atoms with E-state index >= 15 is 0 Å². The number of halogens is 4. The number of rotatable bonds is 8. The molecule has 0 spiro atoms. The van der Waals surface area contributed by atoms with Crippen LogP contribution in [0.2, 0.25) is 10.0 Å². The Bertz CT molecular complexity index is 1720. The first-order valence-corrected chi connectivity index (χ1v) is 13.7. The summed E-state index contributed by atoms with van der Waals surface area (Å²) >= 11 is 13.4. The molecule has 4 heterocycles. The average Bonchev–Trinajstić information content (AvgIpc) is 3.78. The molecule has 0 bridgehead atoms. The summed E-state index contributed by atoms with van der Waals surface area (Å²) in [7, 11) is 0. The summed E-state index contributed by atoms with van der Waals surface area (Å²) < 4.78 is 44.5. The van der Waals surface area contributed by atoms with E-state index in [1.165, 1.54) is 57.2 Å². The van der Waals surface area contributed by atoms with Gasteiger partial charge < -0.3 is 4.42 Å². The molecule has 0 saturated heterocycles. The highest BCUT2D eigenvalue weighted by Gasteiger charge is 2.18. The number of hydrogen-bond donors (Lipinski definition) is 0. The van der Waals surface area contributed by atoms with Crippen molar-refractivity contribution in [2.24, 2.45) is 0 Å². The van der Waals surface area contributed by atoms with Gasteiger partial charge in [-0.05, 0) is 24.3 Å². The second-order valence-corrected chi connectivity index (χ2v) is 10.3. The van der Waals surface area contributed by atoms with E-state index in [9.17, 15) is 18.4 Å². The van der Waals surface area contributed by atoms with E-state index in [0.717, 1.165) is 4.88 Å². The molecule has 0 radical (unpaired) electrons. The molecule has 0 N–H and O–H groups in total. The third kappa shape index (κ3) is 6.73. The topological polar surface area (TPSA) is 135 Å². The van der Waals surface area contributed by atoms with Crippen LogP contribution in [0.3, 0.4) is 0 Å². The Morgan fingerprint density at radius 3 is 1.88 bits per heavy atom. The number of benzene rings is 2. The number of nitrogens with zero attached hydrogens (tertiary/aromatic N) is 6. The summed E-state index contributed by atoms with van der Waals surface area (Å²) in [5.74, 6) is -1.30. The van der Waals surface area contributed by atoms with Gasteiger partial charge in [0.25, 0.3) is 0 Å². The predicted octanol–water partition coefficient (Wildman–Crippen LogP) is 4.98. The zero-order valence-electron chi connectivity index (χ0n) is 21.2. The Labute approximate surface area is 248 Å². The van der Waals surface area contributed by atoms with E-state index in [2.05, 4.69) is 29.3 Å². The van der Waals surface area contributed by atoms with Crippen LogP contribution in [0.15, 0.2) is 83.6 Å². The van der Waals surface area contributed by atoms with Gasteiger partial charge in [0.15, 0.2) is 11.6 Å². The fraction of sp³-hybridized carbons (Fsp3) is 0.154. The monoisotopic (exact) mass is 634 g/mol. The smallest absolute Gasteiger partial charge is 0.442 e. The Morgan fingerprint density at radius 2 is 1.40 bits per heavy atom. The lowest BCUT2D eigenvalue weighted by Crippen LogP contribution is -2.18. The molecule has 2 aromatic carbocycles. The molecule has 42 heavy (non-hydrogen) atoms. The third-order valence-corrected chi connectivity index (χ3v) is 7.36.